The van der Waals surface area contributed by atoms with Crippen molar-refractivity contribution in [2.75, 3.05) is 7.11 Å². The molecule has 0 amide bonds. The number of hydrogen-bond acceptors (Lipinski definition) is 4. The van der Waals surface area contributed by atoms with Crippen LogP contribution < -0.4 is 4.74 Å². The lowest BCUT2D eigenvalue weighted by Gasteiger charge is -2.42. The molecule has 0 N–H and O–H groups in total. The molecule has 0 atom stereocenters. The number of hydrogen-bond donors (Lipinski definition) is 0. The summed E-state index contributed by atoms with van der Waals surface area (Å²) in [6, 6.07) is 8.33. The molecular weight excluding hydrogens is 262 g/mol. The highest BCUT2D eigenvalue weighted by atomic mass is 32.2. The summed E-state index contributed by atoms with van der Waals surface area (Å²) < 4.78 is 29.0. The molecule has 3 rings (SSSR count). The van der Waals surface area contributed by atoms with Gasteiger partial charge in [0.1, 0.15) is 5.75 Å². The van der Waals surface area contributed by atoms with E-state index in [-0.39, 0.29) is 10.3 Å². The maximum atomic E-state index is 12.6. The first kappa shape index (κ1) is 12.5. The second-order valence-electron chi connectivity index (χ2n) is 5.64. The molecule has 0 saturated heterocycles. The highest BCUT2D eigenvalue weighted by molar-refractivity contribution is 7.93. The fraction of sp³-hybridized carbons (Fsp3) is 0.500. The zero-order valence-electron chi connectivity index (χ0n) is 10.7. The van der Waals surface area contributed by atoms with Gasteiger partial charge in [-0.2, -0.15) is 5.26 Å². The molecule has 19 heavy (non-hydrogen) atoms. The standard InChI is InChI=1S/C14H15NO3S/c1-18-11-2-4-12(5-3-11)19(16,17)14(10-15)8-13(9-14)6-7-13/h2-5H,6-9H2,1H3. The minimum absolute atomic E-state index is 0.162. The van der Waals surface area contributed by atoms with Gasteiger partial charge in [-0.05, 0) is 55.4 Å². The third kappa shape index (κ3) is 1.67. The third-order valence-corrected chi connectivity index (χ3v) is 6.67. The third-order valence-electron chi connectivity index (χ3n) is 4.37. The van der Waals surface area contributed by atoms with Crippen LogP contribution >= 0.6 is 0 Å². The summed E-state index contributed by atoms with van der Waals surface area (Å²) in [6.07, 6.45) is 3.11. The molecule has 0 bridgehead atoms. The van der Waals surface area contributed by atoms with E-state index in [9.17, 15) is 13.7 Å². The van der Waals surface area contributed by atoms with Crippen LogP contribution in [0, 0.1) is 16.7 Å². The molecule has 1 spiro atoms. The van der Waals surface area contributed by atoms with Gasteiger partial charge in [0, 0.05) is 0 Å². The van der Waals surface area contributed by atoms with Crippen LogP contribution in [0.15, 0.2) is 29.2 Å². The van der Waals surface area contributed by atoms with E-state index in [0.717, 1.165) is 12.8 Å². The van der Waals surface area contributed by atoms with E-state index in [2.05, 4.69) is 6.07 Å². The zero-order valence-corrected chi connectivity index (χ0v) is 11.5. The lowest BCUT2D eigenvalue weighted by Crippen LogP contribution is -2.50. The van der Waals surface area contributed by atoms with Gasteiger partial charge in [-0.3, -0.25) is 0 Å². The fourth-order valence-corrected chi connectivity index (χ4v) is 5.06. The van der Waals surface area contributed by atoms with Crippen LogP contribution in [0.2, 0.25) is 0 Å². The average Bonchev–Trinajstić information content (AvgIpc) is 3.16. The Labute approximate surface area is 112 Å². The molecule has 4 nitrogen and oxygen atoms in total. The van der Waals surface area contributed by atoms with Crippen molar-refractivity contribution in [3.63, 3.8) is 0 Å². The average molecular weight is 277 g/mol. The van der Waals surface area contributed by atoms with Crippen molar-refractivity contribution in [1.82, 2.24) is 0 Å². The number of nitrogens with zero attached hydrogens (tertiary/aromatic N) is 1. The van der Waals surface area contributed by atoms with Crippen LogP contribution in [-0.2, 0) is 9.84 Å². The topological polar surface area (TPSA) is 67.2 Å². The molecule has 2 aliphatic rings. The minimum Gasteiger partial charge on any atom is -0.497 e. The SMILES string of the molecule is COc1ccc(S(=O)(=O)C2(C#N)CC3(CC3)C2)cc1. The number of benzene rings is 1. The van der Waals surface area contributed by atoms with Crippen molar-refractivity contribution in [3.05, 3.63) is 24.3 Å². The number of rotatable bonds is 3. The zero-order chi connectivity index (χ0) is 13.7. The Bertz CT molecular complexity index is 643. The van der Waals surface area contributed by atoms with Gasteiger partial charge in [-0.1, -0.05) is 0 Å². The second-order valence-corrected chi connectivity index (χ2v) is 7.90. The summed E-state index contributed by atoms with van der Waals surface area (Å²) in [4.78, 5) is 0.213. The van der Waals surface area contributed by atoms with Gasteiger partial charge in [-0.25, -0.2) is 8.42 Å². The highest BCUT2D eigenvalue weighted by Gasteiger charge is 2.67. The van der Waals surface area contributed by atoms with E-state index in [0.29, 0.717) is 18.6 Å². The summed E-state index contributed by atoms with van der Waals surface area (Å²) in [6.45, 7) is 0. The van der Waals surface area contributed by atoms with Gasteiger partial charge in [0.25, 0.3) is 0 Å². The largest absolute Gasteiger partial charge is 0.497 e. The molecule has 0 radical (unpaired) electrons. The van der Waals surface area contributed by atoms with Crippen LogP contribution in [0.3, 0.4) is 0 Å². The summed E-state index contributed by atoms with van der Waals surface area (Å²) in [5.74, 6) is 0.609. The quantitative estimate of drug-likeness (QED) is 0.850. The van der Waals surface area contributed by atoms with Crippen LogP contribution in [0.5, 0.6) is 5.75 Å². The minimum atomic E-state index is -3.59. The predicted octanol–water partition coefficient (Wildman–Crippen LogP) is 2.31. The first-order valence-corrected chi connectivity index (χ1v) is 7.75. The van der Waals surface area contributed by atoms with Crippen molar-refractivity contribution >= 4 is 9.84 Å². The molecule has 0 aliphatic heterocycles. The van der Waals surface area contributed by atoms with E-state index < -0.39 is 14.6 Å². The normalized spacial score (nSPS) is 22.3. The van der Waals surface area contributed by atoms with Gasteiger partial charge in [0.2, 0.25) is 0 Å². The van der Waals surface area contributed by atoms with Gasteiger partial charge >= 0.3 is 0 Å². The van der Waals surface area contributed by atoms with Gasteiger partial charge in [0.05, 0.1) is 18.1 Å². The van der Waals surface area contributed by atoms with Crippen LogP contribution in [0.1, 0.15) is 25.7 Å². The van der Waals surface area contributed by atoms with E-state index in [1.165, 1.54) is 19.2 Å². The lowest BCUT2D eigenvalue weighted by molar-refractivity contribution is 0.238. The molecular formula is C14H15NO3S. The molecule has 2 fully saturated rings. The number of nitriles is 1. The Morgan fingerprint density at radius 1 is 1.21 bits per heavy atom. The predicted molar refractivity (Wildman–Crippen MR) is 69.4 cm³/mol. The first-order valence-electron chi connectivity index (χ1n) is 6.27. The second kappa shape index (κ2) is 3.73. The van der Waals surface area contributed by atoms with Crippen LogP contribution in [0.25, 0.3) is 0 Å². The lowest BCUT2D eigenvalue weighted by atomic mass is 9.72. The van der Waals surface area contributed by atoms with Crippen LogP contribution in [0.4, 0.5) is 0 Å². The molecule has 2 aliphatic carbocycles. The molecule has 5 heteroatoms. The molecule has 100 valence electrons. The Morgan fingerprint density at radius 2 is 1.79 bits per heavy atom. The molecule has 1 aromatic rings. The monoisotopic (exact) mass is 277 g/mol. The smallest absolute Gasteiger partial charge is 0.197 e. The van der Waals surface area contributed by atoms with Crippen molar-refractivity contribution < 1.29 is 13.2 Å². The highest BCUT2D eigenvalue weighted by Crippen LogP contribution is 2.67. The number of ether oxygens (including phenoxy) is 1. The Morgan fingerprint density at radius 3 is 2.21 bits per heavy atom. The van der Waals surface area contributed by atoms with Crippen molar-refractivity contribution in [2.24, 2.45) is 5.41 Å². The van der Waals surface area contributed by atoms with E-state index in [1.54, 1.807) is 12.1 Å². The fourth-order valence-electron chi connectivity index (χ4n) is 3.00. The molecule has 1 aromatic carbocycles. The van der Waals surface area contributed by atoms with E-state index in [4.69, 9.17) is 4.74 Å². The van der Waals surface area contributed by atoms with E-state index in [1.807, 2.05) is 0 Å². The number of methoxy groups -OCH3 is 1. The van der Waals surface area contributed by atoms with Gasteiger partial charge < -0.3 is 4.74 Å². The molecule has 2 saturated carbocycles. The summed E-state index contributed by atoms with van der Waals surface area (Å²) in [7, 11) is -2.06. The van der Waals surface area contributed by atoms with Crippen molar-refractivity contribution in [1.29, 1.82) is 5.26 Å². The maximum Gasteiger partial charge on any atom is 0.197 e. The summed E-state index contributed by atoms with van der Waals surface area (Å²) >= 11 is 0. The Kier molecular flexibility index (Phi) is 2.45. The molecule has 0 heterocycles. The van der Waals surface area contributed by atoms with Gasteiger partial charge in [-0.15, -0.1) is 0 Å². The maximum absolute atomic E-state index is 12.6. The van der Waals surface area contributed by atoms with Crippen LogP contribution in [-0.4, -0.2) is 20.3 Å². The van der Waals surface area contributed by atoms with Crippen molar-refractivity contribution in [2.45, 2.75) is 35.3 Å². The summed E-state index contributed by atoms with van der Waals surface area (Å²) in [5, 5.41) is 9.34. The first-order chi connectivity index (χ1) is 8.97. The molecule has 0 unspecified atom stereocenters. The van der Waals surface area contributed by atoms with Crippen molar-refractivity contribution in [3.8, 4) is 11.8 Å². The number of sulfone groups is 1. The summed E-state index contributed by atoms with van der Waals surface area (Å²) in [5.41, 5.74) is 0.162. The molecule has 0 aromatic heterocycles. The van der Waals surface area contributed by atoms with E-state index >= 15 is 0 Å². The Balaban J connectivity index is 1.95. The van der Waals surface area contributed by atoms with Gasteiger partial charge in [0.15, 0.2) is 14.6 Å². The Hall–Kier alpha value is -1.54.